The number of methoxy groups -OCH3 is 1. The van der Waals surface area contributed by atoms with E-state index in [1.807, 2.05) is 18.2 Å². The van der Waals surface area contributed by atoms with Crippen molar-refractivity contribution in [2.24, 2.45) is 0 Å². The Bertz CT molecular complexity index is 469. The predicted molar refractivity (Wildman–Crippen MR) is 65.1 cm³/mol. The smallest absolute Gasteiger partial charge is 0.192 e. The first kappa shape index (κ1) is 11.6. The molecule has 0 saturated carbocycles. The summed E-state index contributed by atoms with van der Waals surface area (Å²) in [6.07, 6.45) is 6.33. The molecule has 88 valence electrons. The molecular weight excluding hydrogens is 216 g/mol. The summed E-state index contributed by atoms with van der Waals surface area (Å²) in [5.74, 6) is 0.104. The molecule has 1 aliphatic carbocycles. The Hall–Kier alpha value is -1.87. The Balaban J connectivity index is 2.23. The number of hydrogen-bond donors (Lipinski definition) is 1. The van der Waals surface area contributed by atoms with Gasteiger partial charge < -0.3 is 9.84 Å². The van der Waals surface area contributed by atoms with Crippen molar-refractivity contribution in [3.63, 3.8) is 0 Å². The molecule has 0 saturated heterocycles. The zero-order valence-electron chi connectivity index (χ0n) is 9.59. The molecule has 0 aliphatic heterocycles. The van der Waals surface area contributed by atoms with Gasteiger partial charge in [-0.1, -0.05) is 12.2 Å². The fourth-order valence-electron chi connectivity index (χ4n) is 1.75. The van der Waals surface area contributed by atoms with Crippen LogP contribution in [0.1, 0.15) is 16.8 Å². The van der Waals surface area contributed by atoms with Crippen molar-refractivity contribution in [3.8, 4) is 5.75 Å². The Morgan fingerprint density at radius 2 is 2.06 bits per heavy atom. The molecule has 1 atom stereocenters. The van der Waals surface area contributed by atoms with Gasteiger partial charge in [0.05, 0.1) is 6.10 Å². The van der Waals surface area contributed by atoms with Gasteiger partial charge in [0.1, 0.15) is 5.75 Å². The second kappa shape index (κ2) is 4.97. The number of phenols is 1. The molecule has 1 N–H and O–H groups in total. The first-order valence-electron chi connectivity index (χ1n) is 5.45. The van der Waals surface area contributed by atoms with E-state index in [9.17, 15) is 4.79 Å². The topological polar surface area (TPSA) is 46.5 Å². The molecule has 0 amide bonds. The number of ketones is 1. The average molecular weight is 230 g/mol. The molecule has 3 nitrogen and oxygen atoms in total. The molecule has 0 heterocycles. The number of hydrogen-bond acceptors (Lipinski definition) is 3. The minimum absolute atomic E-state index is 0.0314. The summed E-state index contributed by atoms with van der Waals surface area (Å²) in [5.41, 5.74) is 1.20. The number of phenolic OH excluding ortho intramolecular Hbond substituents is 1. The fraction of sp³-hybridized carbons (Fsp3) is 0.214. The lowest BCUT2D eigenvalue weighted by molar-refractivity contribution is 0.102. The zero-order chi connectivity index (χ0) is 12.3. The van der Waals surface area contributed by atoms with E-state index in [2.05, 4.69) is 0 Å². The van der Waals surface area contributed by atoms with E-state index >= 15 is 0 Å². The SMILES string of the molecule is COC1C=C(C(=O)c2ccc(O)cc2)C=CC1. The van der Waals surface area contributed by atoms with Crippen LogP contribution in [0.5, 0.6) is 5.75 Å². The summed E-state index contributed by atoms with van der Waals surface area (Å²) >= 11 is 0. The van der Waals surface area contributed by atoms with Crippen LogP contribution >= 0.6 is 0 Å². The first-order valence-corrected chi connectivity index (χ1v) is 5.45. The van der Waals surface area contributed by atoms with E-state index < -0.39 is 0 Å². The molecule has 3 heteroatoms. The van der Waals surface area contributed by atoms with E-state index in [-0.39, 0.29) is 17.6 Å². The van der Waals surface area contributed by atoms with Gasteiger partial charge in [-0.15, -0.1) is 0 Å². The van der Waals surface area contributed by atoms with Gasteiger partial charge in [-0.3, -0.25) is 4.79 Å². The highest BCUT2D eigenvalue weighted by atomic mass is 16.5. The molecule has 1 unspecified atom stereocenters. The van der Waals surface area contributed by atoms with Crippen molar-refractivity contribution in [1.82, 2.24) is 0 Å². The minimum atomic E-state index is -0.0528. The fourth-order valence-corrected chi connectivity index (χ4v) is 1.75. The van der Waals surface area contributed by atoms with Crippen LogP contribution in [0.3, 0.4) is 0 Å². The molecule has 2 rings (SSSR count). The van der Waals surface area contributed by atoms with E-state index in [0.717, 1.165) is 6.42 Å². The summed E-state index contributed by atoms with van der Waals surface area (Å²) in [6.45, 7) is 0. The standard InChI is InChI=1S/C14H14O3/c1-17-13-4-2-3-11(9-13)14(16)10-5-7-12(15)8-6-10/h2-3,5-9,13,15H,4H2,1H3. The van der Waals surface area contributed by atoms with Crippen molar-refractivity contribution in [2.75, 3.05) is 7.11 Å². The maximum Gasteiger partial charge on any atom is 0.192 e. The molecule has 0 aromatic heterocycles. The summed E-state index contributed by atoms with van der Waals surface area (Å²) in [5, 5.41) is 9.17. The van der Waals surface area contributed by atoms with Crippen molar-refractivity contribution < 1.29 is 14.6 Å². The van der Waals surface area contributed by atoms with Gasteiger partial charge >= 0.3 is 0 Å². The Morgan fingerprint density at radius 1 is 1.35 bits per heavy atom. The first-order chi connectivity index (χ1) is 8.20. The van der Waals surface area contributed by atoms with Crippen LogP contribution in [0.4, 0.5) is 0 Å². The van der Waals surface area contributed by atoms with Gasteiger partial charge in [0.15, 0.2) is 5.78 Å². The number of allylic oxidation sites excluding steroid dienone is 2. The Labute approximate surface area is 100 Å². The lowest BCUT2D eigenvalue weighted by Crippen LogP contribution is -2.13. The van der Waals surface area contributed by atoms with Gasteiger partial charge in [0.25, 0.3) is 0 Å². The third-order valence-electron chi connectivity index (χ3n) is 2.73. The second-order valence-electron chi connectivity index (χ2n) is 3.91. The highest BCUT2D eigenvalue weighted by Gasteiger charge is 2.15. The molecule has 0 spiro atoms. The van der Waals surface area contributed by atoms with Gasteiger partial charge in [-0.2, -0.15) is 0 Å². The molecule has 17 heavy (non-hydrogen) atoms. The third-order valence-corrected chi connectivity index (χ3v) is 2.73. The van der Waals surface area contributed by atoms with Crippen LogP contribution in [0, 0.1) is 0 Å². The molecular formula is C14H14O3. The van der Waals surface area contributed by atoms with Crippen LogP contribution in [0.25, 0.3) is 0 Å². The summed E-state index contributed by atoms with van der Waals surface area (Å²) in [6, 6.07) is 6.24. The van der Waals surface area contributed by atoms with Gasteiger partial charge in [0, 0.05) is 18.2 Å². The third kappa shape index (κ3) is 2.63. The molecule has 0 bridgehead atoms. The highest BCUT2D eigenvalue weighted by molar-refractivity contribution is 6.10. The lowest BCUT2D eigenvalue weighted by Gasteiger charge is -2.14. The maximum atomic E-state index is 12.1. The molecule has 1 aromatic rings. The van der Waals surface area contributed by atoms with Crippen molar-refractivity contribution in [1.29, 1.82) is 0 Å². The average Bonchev–Trinajstić information content (AvgIpc) is 2.39. The monoisotopic (exact) mass is 230 g/mol. The van der Waals surface area contributed by atoms with Crippen molar-refractivity contribution in [3.05, 3.63) is 53.6 Å². The number of Topliss-reactive ketones (excluding diaryl/α,β-unsaturated/α-hetero) is 1. The van der Waals surface area contributed by atoms with Crippen LogP contribution in [0.15, 0.2) is 48.1 Å². The molecule has 1 aliphatic rings. The summed E-state index contributed by atoms with van der Waals surface area (Å²) in [4.78, 5) is 12.1. The van der Waals surface area contributed by atoms with E-state index in [0.29, 0.717) is 11.1 Å². The molecule has 1 aromatic carbocycles. The van der Waals surface area contributed by atoms with Crippen LogP contribution in [-0.4, -0.2) is 24.1 Å². The predicted octanol–water partition coefficient (Wildman–Crippen LogP) is 2.48. The summed E-state index contributed by atoms with van der Waals surface area (Å²) < 4.78 is 5.21. The number of carbonyl (C=O) groups is 1. The van der Waals surface area contributed by atoms with E-state index in [1.54, 1.807) is 19.2 Å². The zero-order valence-corrected chi connectivity index (χ0v) is 9.59. The second-order valence-corrected chi connectivity index (χ2v) is 3.91. The number of carbonyl (C=O) groups excluding carboxylic acids is 1. The van der Waals surface area contributed by atoms with Gasteiger partial charge in [0.2, 0.25) is 0 Å². The van der Waals surface area contributed by atoms with E-state index in [4.69, 9.17) is 9.84 Å². The van der Waals surface area contributed by atoms with Crippen LogP contribution in [0.2, 0.25) is 0 Å². The number of benzene rings is 1. The van der Waals surface area contributed by atoms with Crippen LogP contribution < -0.4 is 0 Å². The molecule has 0 radical (unpaired) electrons. The number of rotatable bonds is 3. The number of ether oxygens (including phenoxy) is 1. The Morgan fingerprint density at radius 3 is 2.71 bits per heavy atom. The normalized spacial score (nSPS) is 18.9. The van der Waals surface area contributed by atoms with Crippen molar-refractivity contribution in [2.45, 2.75) is 12.5 Å². The van der Waals surface area contributed by atoms with Gasteiger partial charge in [-0.05, 0) is 36.8 Å². The molecule has 0 fully saturated rings. The van der Waals surface area contributed by atoms with E-state index in [1.165, 1.54) is 12.1 Å². The lowest BCUT2D eigenvalue weighted by atomic mass is 9.97. The minimum Gasteiger partial charge on any atom is -0.508 e. The quantitative estimate of drug-likeness (QED) is 0.811. The van der Waals surface area contributed by atoms with Crippen molar-refractivity contribution >= 4 is 5.78 Å². The van der Waals surface area contributed by atoms with Gasteiger partial charge in [-0.25, -0.2) is 0 Å². The van der Waals surface area contributed by atoms with Crippen LogP contribution in [-0.2, 0) is 4.74 Å². The highest BCUT2D eigenvalue weighted by Crippen LogP contribution is 2.19. The Kier molecular flexibility index (Phi) is 3.40. The number of aromatic hydroxyl groups is 1. The maximum absolute atomic E-state index is 12.1. The summed E-state index contributed by atoms with van der Waals surface area (Å²) in [7, 11) is 1.63. The largest absolute Gasteiger partial charge is 0.508 e.